The minimum Gasteiger partial charge on any atom is -0.390 e. The van der Waals surface area contributed by atoms with Gasteiger partial charge in [-0.3, -0.25) is 0 Å². The Morgan fingerprint density at radius 1 is 1.47 bits per heavy atom. The van der Waals surface area contributed by atoms with E-state index in [-0.39, 0.29) is 11.9 Å². The van der Waals surface area contributed by atoms with Gasteiger partial charge < -0.3 is 9.84 Å². The summed E-state index contributed by atoms with van der Waals surface area (Å²) in [6.07, 6.45) is 1.47. The van der Waals surface area contributed by atoms with Crippen LogP contribution in [0.25, 0.3) is 0 Å². The molecule has 0 aliphatic carbocycles. The summed E-state index contributed by atoms with van der Waals surface area (Å²) in [7, 11) is 0. The first-order valence-corrected chi connectivity index (χ1v) is 5.30. The van der Waals surface area contributed by atoms with Crippen LogP contribution in [0.2, 0.25) is 0 Å². The Balaban J connectivity index is 1.99. The summed E-state index contributed by atoms with van der Waals surface area (Å²) in [4.78, 5) is 0. The fourth-order valence-electron chi connectivity index (χ4n) is 1.93. The smallest absolute Gasteiger partial charge is 0.126 e. The fourth-order valence-corrected chi connectivity index (χ4v) is 1.93. The highest BCUT2D eigenvalue weighted by molar-refractivity contribution is 5.18. The van der Waals surface area contributed by atoms with Crippen molar-refractivity contribution in [3.05, 3.63) is 35.6 Å². The molecule has 3 heteroatoms. The van der Waals surface area contributed by atoms with Crippen molar-refractivity contribution in [1.29, 1.82) is 0 Å². The second kappa shape index (κ2) is 4.73. The van der Waals surface area contributed by atoms with Crippen LogP contribution < -0.4 is 0 Å². The van der Waals surface area contributed by atoms with E-state index in [0.717, 1.165) is 12.8 Å². The van der Waals surface area contributed by atoms with Crippen molar-refractivity contribution in [3.63, 3.8) is 0 Å². The molecule has 1 saturated heterocycles. The Labute approximate surface area is 88.7 Å². The highest BCUT2D eigenvalue weighted by Crippen LogP contribution is 2.19. The molecule has 15 heavy (non-hydrogen) atoms. The van der Waals surface area contributed by atoms with Crippen molar-refractivity contribution in [3.8, 4) is 0 Å². The molecule has 2 rings (SSSR count). The summed E-state index contributed by atoms with van der Waals surface area (Å²) in [5.74, 6) is -0.255. The summed E-state index contributed by atoms with van der Waals surface area (Å²) in [5.41, 5.74) is 0.556. The molecule has 1 aliphatic rings. The number of hydrogen-bond acceptors (Lipinski definition) is 2. The molecule has 1 aromatic carbocycles. The Kier molecular flexibility index (Phi) is 3.34. The predicted octanol–water partition coefficient (Wildman–Crippen LogP) is 1.91. The molecule has 0 saturated carbocycles. The third-order valence-corrected chi connectivity index (χ3v) is 2.78. The monoisotopic (exact) mass is 210 g/mol. The second-order valence-electron chi connectivity index (χ2n) is 3.91. The molecular formula is C12H15FO2. The van der Waals surface area contributed by atoms with Gasteiger partial charge in [-0.1, -0.05) is 18.2 Å². The minimum absolute atomic E-state index is 0.121. The van der Waals surface area contributed by atoms with E-state index in [2.05, 4.69) is 0 Å². The van der Waals surface area contributed by atoms with E-state index in [1.54, 1.807) is 18.2 Å². The van der Waals surface area contributed by atoms with E-state index < -0.39 is 6.10 Å². The van der Waals surface area contributed by atoms with E-state index in [1.807, 2.05) is 0 Å². The zero-order valence-electron chi connectivity index (χ0n) is 8.53. The van der Waals surface area contributed by atoms with Gasteiger partial charge in [0.2, 0.25) is 0 Å². The van der Waals surface area contributed by atoms with Crippen molar-refractivity contribution < 1.29 is 14.2 Å². The topological polar surface area (TPSA) is 29.5 Å². The number of aliphatic hydroxyl groups excluding tert-OH is 1. The molecule has 1 fully saturated rings. The van der Waals surface area contributed by atoms with Crippen molar-refractivity contribution >= 4 is 0 Å². The zero-order valence-corrected chi connectivity index (χ0v) is 8.53. The summed E-state index contributed by atoms with van der Waals surface area (Å²) >= 11 is 0. The fraction of sp³-hybridized carbons (Fsp3) is 0.500. The SMILES string of the molecule is OC(Cc1ccccc1F)C1CCCO1. The molecule has 0 aromatic heterocycles. The van der Waals surface area contributed by atoms with E-state index in [9.17, 15) is 9.50 Å². The summed E-state index contributed by atoms with van der Waals surface area (Å²) in [6, 6.07) is 6.54. The maximum absolute atomic E-state index is 13.3. The summed E-state index contributed by atoms with van der Waals surface area (Å²) in [5, 5.41) is 9.84. The first kappa shape index (κ1) is 10.6. The molecule has 2 nitrogen and oxygen atoms in total. The largest absolute Gasteiger partial charge is 0.390 e. The van der Waals surface area contributed by atoms with Gasteiger partial charge in [-0.25, -0.2) is 4.39 Å². The maximum Gasteiger partial charge on any atom is 0.126 e. The molecule has 2 atom stereocenters. The van der Waals surface area contributed by atoms with E-state index >= 15 is 0 Å². The number of halogens is 1. The second-order valence-corrected chi connectivity index (χ2v) is 3.91. The maximum atomic E-state index is 13.3. The normalized spacial score (nSPS) is 22.9. The van der Waals surface area contributed by atoms with Gasteiger partial charge in [0.05, 0.1) is 12.2 Å². The van der Waals surface area contributed by atoms with Crippen molar-refractivity contribution in [2.45, 2.75) is 31.5 Å². The van der Waals surface area contributed by atoms with Crippen LogP contribution in [0.5, 0.6) is 0 Å². The molecule has 1 N–H and O–H groups in total. The van der Waals surface area contributed by atoms with Crippen molar-refractivity contribution in [1.82, 2.24) is 0 Å². The molecule has 1 aliphatic heterocycles. The quantitative estimate of drug-likeness (QED) is 0.825. The molecule has 0 bridgehead atoms. The number of rotatable bonds is 3. The lowest BCUT2D eigenvalue weighted by atomic mass is 10.0. The van der Waals surface area contributed by atoms with Gasteiger partial charge in [0.15, 0.2) is 0 Å². The molecule has 0 amide bonds. The van der Waals surface area contributed by atoms with E-state index in [4.69, 9.17) is 4.74 Å². The lowest BCUT2D eigenvalue weighted by Crippen LogP contribution is -2.27. The zero-order chi connectivity index (χ0) is 10.7. The van der Waals surface area contributed by atoms with E-state index in [0.29, 0.717) is 18.6 Å². The van der Waals surface area contributed by atoms with Crippen LogP contribution in [-0.2, 0) is 11.2 Å². The van der Waals surface area contributed by atoms with Crippen LogP contribution in [0, 0.1) is 5.82 Å². The lowest BCUT2D eigenvalue weighted by molar-refractivity contribution is -0.00112. The molecule has 1 aromatic rings. The van der Waals surface area contributed by atoms with Gasteiger partial charge >= 0.3 is 0 Å². The molecule has 2 unspecified atom stereocenters. The Hall–Kier alpha value is -0.930. The Morgan fingerprint density at radius 2 is 2.27 bits per heavy atom. The molecule has 0 radical (unpaired) electrons. The number of benzene rings is 1. The van der Waals surface area contributed by atoms with Gasteiger partial charge in [0.25, 0.3) is 0 Å². The van der Waals surface area contributed by atoms with Crippen LogP contribution in [0.3, 0.4) is 0 Å². The summed E-state index contributed by atoms with van der Waals surface area (Å²) in [6.45, 7) is 0.707. The van der Waals surface area contributed by atoms with Gasteiger partial charge in [0, 0.05) is 13.0 Å². The van der Waals surface area contributed by atoms with Crippen LogP contribution in [0.1, 0.15) is 18.4 Å². The van der Waals surface area contributed by atoms with Crippen molar-refractivity contribution in [2.75, 3.05) is 6.61 Å². The average molecular weight is 210 g/mol. The number of hydrogen-bond donors (Lipinski definition) is 1. The number of aliphatic hydroxyl groups is 1. The predicted molar refractivity (Wildman–Crippen MR) is 55.1 cm³/mol. The molecule has 82 valence electrons. The highest BCUT2D eigenvalue weighted by Gasteiger charge is 2.24. The summed E-state index contributed by atoms with van der Waals surface area (Å²) < 4.78 is 18.6. The van der Waals surface area contributed by atoms with Crippen LogP contribution in [0.4, 0.5) is 4.39 Å². The first-order chi connectivity index (χ1) is 7.27. The molecular weight excluding hydrogens is 195 g/mol. The van der Waals surface area contributed by atoms with Crippen LogP contribution in [0.15, 0.2) is 24.3 Å². The first-order valence-electron chi connectivity index (χ1n) is 5.30. The minimum atomic E-state index is -0.593. The highest BCUT2D eigenvalue weighted by atomic mass is 19.1. The van der Waals surface area contributed by atoms with Crippen molar-refractivity contribution in [2.24, 2.45) is 0 Å². The Bertz CT molecular complexity index is 321. The number of ether oxygens (including phenoxy) is 1. The van der Waals surface area contributed by atoms with Gasteiger partial charge in [-0.15, -0.1) is 0 Å². The third kappa shape index (κ3) is 2.55. The van der Waals surface area contributed by atoms with Crippen LogP contribution in [-0.4, -0.2) is 23.9 Å². The Morgan fingerprint density at radius 3 is 2.93 bits per heavy atom. The standard InChI is InChI=1S/C12H15FO2/c13-10-5-2-1-4-9(10)8-11(14)12-6-3-7-15-12/h1-2,4-5,11-12,14H,3,6-8H2. The van der Waals surface area contributed by atoms with Gasteiger partial charge in [0.1, 0.15) is 5.82 Å². The third-order valence-electron chi connectivity index (χ3n) is 2.78. The van der Waals surface area contributed by atoms with Gasteiger partial charge in [-0.05, 0) is 24.5 Å². The lowest BCUT2D eigenvalue weighted by Gasteiger charge is -2.17. The molecule has 0 spiro atoms. The van der Waals surface area contributed by atoms with Crippen LogP contribution >= 0.6 is 0 Å². The van der Waals surface area contributed by atoms with Gasteiger partial charge in [-0.2, -0.15) is 0 Å². The average Bonchev–Trinajstić information content (AvgIpc) is 2.74. The van der Waals surface area contributed by atoms with E-state index in [1.165, 1.54) is 6.07 Å². The molecule has 1 heterocycles.